The summed E-state index contributed by atoms with van der Waals surface area (Å²) in [5, 5.41) is 12.0. The zero-order valence-corrected chi connectivity index (χ0v) is 20.2. The molecule has 4 aromatic rings. The van der Waals surface area contributed by atoms with Crippen molar-refractivity contribution in [2.24, 2.45) is 0 Å². The summed E-state index contributed by atoms with van der Waals surface area (Å²) < 4.78 is 7.89. The van der Waals surface area contributed by atoms with E-state index in [1.54, 1.807) is 6.07 Å². The van der Waals surface area contributed by atoms with Gasteiger partial charge in [-0.25, -0.2) is 4.98 Å². The van der Waals surface area contributed by atoms with Gasteiger partial charge in [0.1, 0.15) is 11.6 Å². The summed E-state index contributed by atoms with van der Waals surface area (Å²) in [5.74, 6) is 0.772. The molecule has 0 aliphatic carbocycles. The van der Waals surface area contributed by atoms with E-state index in [2.05, 4.69) is 17.6 Å². The number of benzene rings is 3. The lowest BCUT2D eigenvalue weighted by Crippen LogP contribution is -2.02. The number of fused-ring (bicyclic) bond motifs is 1. The number of rotatable bonds is 9. The highest BCUT2D eigenvalue weighted by Gasteiger charge is 2.11. The van der Waals surface area contributed by atoms with E-state index in [4.69, 9.17) is 38.0 Å². The van der Waals surface area contributed by atoms with Crippen molar-refractivity contribution >= 4 is 52.1 Å². The number of hydrogen-bond acceptors (Lipinski definition) is 3. The second kappa shape index (κ2) is 10.8. The van der Waals surface area contributed by atoms with E-state index in [0.29, 0.717) is 23.1 Å². The van der Waals surface area contributed by atoms with Crippen LogP contribution in [0.25, 0.3) is 34.2 Å². The lowest BCUT2D eigenvalue weighted by molar-refractivity contribution is -0.137. The summed E-state index contributed by atoms with van der Waals surface area (Å²) in [6.07, 6.45) is 6.58. The van der Waals surface area contributed by atoms with Gasteiger partial charge in [0.25, 0.3) is 0 Å². The van der Waals surface area contributed by atoms with Crippen molar-refractivity contribution in [2.45, 2.75) is 26.3 Å². The normalized spacial score (nSPS) is 11.4. The van der Waals surface area contributed by atoms with Gasteiger partial charge in [-0.1, -0.05) is 53.5 Å². The molecule has 1 aromatic heterocycles. The van der Waals surface area contributed by atoms with Crippen molar-refractivity contribution in [2.75, 3.05) is 6.61 Å². The molecule has 174 valence electrons. The molecule has 0 saturated carbocycles. The minimum absolute atomic E-state index is 0.0964. The predicted octanol–water partition coefficient (Wildman–Crippen LogP) is 7.44. The Labute approximate surface area is 208 Å². The van der Waals surface area contributed by atoms with Crippen LogP contribution in [0.15, 0.2) is 60.8 Å². The minimum Gasteiger partial charge on any atom is -0.493 e. The highest BCUT2D eigenvalue weighted by Crippen LogP contribution is 2.31. The molecule has 1 heterocycles. The Hall–Kier alpha value is -3.28. The molecule has 34 heavy (non-hydrogen) atoms. The smallest absolute Gasteiger partial charge is 0.303 e. The Bertz CT molecular complexity index is 1360. The number of imidazole rings is 1. The van der Waals surface area contributed by atoms with Crippen LogP contribution >= 0.6 is 23.2 Å². The first kappa shape index (κ1) is 23.9. The zero-order valence-electron chi connectivity index (χ0n) is 18.7. The predicted molar refractivity (Wildman–Crippen MR) is 139 cm³/mol. The summed E-state index contributed by atoms with van der Waals surface area (Å²) in [6.45, 7) is 3.21. The average Bonchev–Trinajstić information content (AvgIpc) is 3.23. The molecule has 3 aromatic carbocycles. The number of halogens is 2. The highest BCUT2D eigenvalue weighted by molar-refractivity contribution is 6.36. The second-order valence-corrected chi connectivity index (χ2v) is 8.65. The van der Waals surface area contributed by atoms with Crippen molar-refractivity contribution in [1.29, 1.82) is 0 Å². The third-order valence-corrected chi connectivity index (χ3v) is 5.98. The van der Waals surface area contributed by atoms with Crippen molar-refractivity contribution in [3.8, 4) is 17.0 Å². The van der Waals surface area contributed by atoms with E-state index < -0.39 is 5.97 Å². The molecule has 4 rings (SSSR count). The Balaban J connectivity index is 1.55. The maximum atomic E-state index is 10.7. The molecule has 0 fully saturated rings. The fraction of sp³-hybridized carbons (Fsp3) is 0.185. The molecular formula is C27H24Cl2N2O3. The molecule has 0 radical (unpaired) electrons. The van der Waals surface area contributed by atoms with Gasteiger partial charge in [-0.3, -0.25) is 4.79 Å². The van der Waals surface area contributed by atoms with Crippen molar-refractivity contribution in [1.82, 2.24) is 9.55 Å². The fourth-order valence-corrected chi connectivity index (χ4v) is 4.23. The van der Waals surface area contributed by atoms with E-state index in [9.17, 15) is 4.79 Å². The SMILES string of the molecule is CCn1cc(-c2ccc(Cl)cc2Cl)nc1C=Cc1ccc2c(OCCCC(=O)O)cccc2c1. The van der Waals surface area contributed by atoms with E-state index in [0.717, 1.165) is 45.7 Å². The van der Waals surface area contributed by atoms with Gasteiger partial charge in [0.15, 0.2) is 0 Å². The van der Waals surface area contributed by atoms with Crippen LogP contribution in [0.4, 0.5) is 0 Å². The Morgan fingerprint density at radius 2 is 1.97 bits per heavy atom. The summed E-state index contributed by atoms with van der Waals surface area (Å²) in [6, 6.07) is 17.4. The quantitative estimate of drug-likeness (QED) is 0.245. The van der Waals surface area contributed by atoms with Crippen molar-refractivity contribution in [3.05, 3.63) is 82.2 Å². The van der Waals surface area contributed by atoms with Crippen LogP contribution in [-0.4, -0.2) is 27.2 Å². The number of carboxylic acid groups (broad SMARTS) is 1. The molecule has 0 atom stereocenters. The number of ether oxygens (including phenoxy) is 1. The molecular weight excluding hydrogens is 471 g/mol. The van der Waals surface area contributed by atoms with E-state index >= 15 is 0 Å². The third kappa shape index (κ3) is 5.61. The summed E-state index contributed by atoms with van der Waals surface area (Å²) in [5.41, 5.74) is 2.67. The van der Waals surface area contributed by atoms with Gasteiger partial charge in [0.2, 0.25) is 0 Å². The van der Waals surface area contributed by atoms with Gasteiger partial charge in [-0.05, 0) is 60.7 Å². The Kier molecular flexibility index (Phi) is 7.56. The maximum Gasteiger partial charge on any atom is 0.303 e. The number of carbonyl (C=O) groups is 1. The fourth-order valence-electron chi connectivity index (χ4n) is 3.72. The number of nitrogens with zero attached hydrogens (tertiary/aromatic N) is 2. The molecule has 0 bridgehead atoms. The Morgan fingerprint density at radius 1 is 1.12 bits per heavy atom. The minimum atomic E-state index is -0.815. The van der Waals surface area contributed by atoms with Crippen LogP contribution in [0.3, 0.4) is 0 Å². The van der Waals surface area contributed by atoms with Crippen LogP contribution in [-0.2, 0) is 11.3 Å². The molecule has 7 heteroatoms. The summed E-state index contributed by atoms with van der Waals surface area (Å²) in [4.78, 5) is 15.5. The monoisotopic (exact) mass is 494 g/mol. The molecule has 0 aliphatic heterocycles. The third-order valence-electron chi connectivity index (χ3n) is 5.44. The average molecular weight is 495 g/mol. The van der Waals surface area contributed by atoms with Crippen molar-refractivity contribution in [3.63, 3.8) is 0 Å². The molecule has 0 aliphatic rings. The topological polar surface area (TPSA) is 64.4 Å². The standard InChI is InChI=1S/C27H24Cl2N2O3/c1-2-31-17-24(22-12-10-20(28)16-23(22)29)30-26(31)13-9-18-8-11-21-19(15-18)5-3-6-25(21)34-14-4-7-27(32)33/h3,5-6,8-13,15-17H,2,4,7,14H2,1H3,(H,32,33). The molecule has 0 unspecified atom stereocenters. The van der Waals surface area contributed by atoms with Gasteiger partial charge in [0.05, 0.1) is 17.3 Å². The number of aliphatic carboxylic acids is 1. The molecule has 5 nitrogen and oxygen atoms in total. The van der Waals surface area contributed by atoms with Gasteiger partial charge >= 0.3 is 5.97 Å². The number of hydrogen-bond donors (Lipinski definition) is 1. The zero-order chi connectivity index (χ0) is 24.1. The first-order chi connectivity index (χ1) is 16.4. The van der Waals surface area contributed by atoms with Crippen LogP contribution in [0.5, 0.6) is 5.75 Å². The maximum absolute atomic E-state index is 10.7. The largest absolute Gasteiger partial charge is 0.493 e. The van der Waals surface area contributed by atoms with Crippen LogP contribution in [0.2, 0.25) is 10.0 Å². The first-order valence-corrected chi connectivity index (χ1v) is 11.8. The van der Waals surface area contributed by atoms with Gasteiger partial charge in [-0.15, -0.1) is 0 Å². The van der Waals surface area contributed by atoms with E-state index in [-0.39, 0.29) is 6.42 Å². The molecule has 1 N–H and O–H groups in total. The number of carboxylic acids is 1. The van der Waals surface area contributed by atoms with E-state index in [1.807, 2.05) is 60.8 Å². The first-order valence-electron chi connectivity index (χ1n) is 11.0. The molecule has 0 amide bonds. The van der Waals surface area contributed by atoms with Crippen LogP contribution in [0, 0.1) is 0 Å². The van der Waals surface area contributed by atoms with Crippen LogP contribution < -0.4 is 4.74 Å². The molecule has 0 spiro atoms. The van der Waals surface area contributed by atoms with Gasteiger partial charge in [0, 0.05) is 35.1 Å². The summed E-state index contributed by atoms with van der Waals surface area (Å²) >= 11 is 12.4. The van der Waals surface area contributed by atoms with E-state index in [1.165, 1.54) is 0 Å². The number of aryl methyl sites for hydroxylation is 1. The molecule has 0 saturated heterocycles. The van der Waals surface area contributed by atoms with Gasteiger partial charge in [-0.2, -0.15) is 0 Å². The highest BCUT2D eigenvalue weighted by atomic mass is 35.5. The lowest BCUT2D eigenvalue weighted by atomic mass is 10.1. The summed E-state index contributed by atoms with van der Waals surface area (Å²) in [7, 11) is 0. The Morgan fingerprint density at radius 3 is 2.74 bits per heavy atom. The van der Waals surface area contributed by atoms with Crippen LogP contribution in [0.1, 0.15) is 31.2 Å². The van der Waals surface area contributed by atoms with Gasteiger partial charge < -0.3 is 14.4 Å². The van der Waals surface area contributed by atoms with Crippen molar-refractivity contribution < 1.29 is 14.6 Å². The number of aromatic nitrogens is 2. The lowest BCUT2D eigenvalue weighted by Gasteiger charge is -2.09. The second-order valence-electron chi connectivity index (χ2n) is 7.81.